The molecule has 0 radical (unpaired) electrons. The summed E-state index contributed by atoms with van der Waals surface area (Å²) in [5, 5.41) is 3.93. The van der Waals surface area contributed by atoms with Gasteiger partial charge in [0.05, 0.1) is 0 Å². The van der Waals surface area contributed by atoms with Crippen LogP contribution in [-0.2, 0) is 6.42 Å². The Balaban J connectivity index is 2.33. The lowest BCUT2D eigenvalue weighted by molar-refractivity contribution is 0.552. The molecular formula is C15H13BrClFIN. The first-order valence-electron chi connectivity index (χ1n) is 6.07. The molecule has 0 aliphatic carbocycles. The predicted molar refractivity (Wildman–Crippen MR) is 93.8 cm³/mol. The molecule has 0 amide bonds. The van der Waals surface area contributed by atoms with E-state index >= 15 is 0 Å². The Morgan fingerprint density at radius 3 is 2.75 bits per heavy atom. The van der Waals surface area contributed by atoms with E-state index in [1.165, 1.54) is 6.07 Å². The van der Waals surface area contributed by atoms with Crippen LogP contribution in [0.25, 0.3) is 0 Å². The fraction of sp³-hybridized carbons (Fsp3) is 0.200. The third-order valence-electron chi connectivity index (χ3n) is 3.11. The Bertz CT molecular complexity index is 621. The smallest absolute Gasteiger partial charge is 0.126 e. The highest BCUT2D eigenvalue weighted by molar-refractivity contribution is 14.1. The van der Waals surface area contributed by atoms with Crippen LogP contribution in [-0.4, -0.2) is 7.05 Å². The van der Waals surface area contributed by atoms with Gasteiger partial charge in [0.2, 0.25) is 0 Å². The topological polar surface area (TPSA) is 12.0 Å². The number of halogens is 4. The fourth-order valence-corrected chi connectivity index (χ4v) is 3.37. The molecule has 2 aromatic carbocycles. The lowest BCUT2D eigenvalue weighted by atomic mass is 9.99. The van der Waals surface area contributed by atoms with E-state index in [-0.39, 0.29) is 11.9 Å². The van der Waals surface area contributed by atoms with Crippen molar-refractivity contribution >= 4 is 50.1 Å². The molecular weight excluding hydrogens is 455 g/mol. The van der Waals surface area contributed by atoms with Crippen LogP contribution in [0.5, 0.6) is 0 Å². The van der Waals surface area contributed by atoms with Crippen LogP contribution in [0.15, 0.2) is 40.9 Å². The monoisotopic (exact) mass is 467 g/mol. The lowest BCUT2D eigenvalue weighted by Gasteiger charge is -2.19. The summed E-state index contributed by atoms with van der Waals surface area (Å²) in [6, 6.07) is 10.8. The molecule has 5 heteroatoms. The summed E-state index contributed by atoms with van der Waals surface area (Å²) in [6.45, 7) is 0. The van der Waals surface area contributed by atoms with Crippen LogP contribution in [0.1, 0.15) is 17.2 Å². The largest absolute Gasteiger partial charge is 0.313 e. The summed E-state index contributed by atoms with van der Waals surface area (Å²) in [5.41, 5.74) is 1.76. The van der Waals surface area contributed by atoms with Crippen LogP contribution in [0.2, 0.25) is 5.02 Å². The molecule has 0 saturated heterocycles. The Morgan fingerprint density at radius 2 is 2.05 bits per heavy atom. The van der Waals surface area contributed by atoms with Gasteiger partial charge >= 0.3 is 0 Å². The van der Waals surface area contributed by atoms with Gasteiger partial charge in [0.25, 0.3) is 0 Å². The van der Waals surface area contributed by atoms with Gasteiger partial charge in [0, 0.05) is 19.1 Å². The first-order valence-corrected chi connectivity index (χ1v) is 8.32. The fourth-order valence-electron chi connectivity index (χ4n) is 2.07. The molecule has 1 atom stereocenters. The average Bonchev–Trinajstić information content (AvgIpc) is 2.42. The van der Waals surface area contributed by atoms with Gasteiger partial charge in [0.1, 0.15) is 5.82 Å². The minimum absolute atomic E-state index is 0.0180. The maximum atomic E-state index is 13.9. The number of likely N-dealkylation sites (N-methyl/N-ethyl adjacent to an activating group) is 1. The number of benzene rings is 2. The number of hydrogen-bond donors (Lipinski definition) is 1. The highest BCUT2D eigenvalue weighted by Gasteiger charge is 2.16. The van der Waals surface area contributed by atoms with Gasteiger partial charge in [-0.1, -0.05) is 27.5 Å². The van der Waals surface area contributed by atoms with Gasteiger partial charge in [-0.2, -0.15) is 0 Å². The number of rotatable bonds is 4. The number of hydrogen-bond acceptors (Lipinski definition) is 1. The van der Waals surface area contributed by atoms with Crippen LogP contribution < -0.4 is 5.32 Å². The number of nitrogens with one attached hydrogen (secondary N) is 1. The molecule has 0 aliphatic rings. The molecule has 0 aromatic heterocycles. The van der Waals surface area contributed by atoms with E-state index in [0.29, 0.717) is 17.0 Å². The molecule has 106 valence electrons. The molecule has 1 N–H and O–H groups in total. The minimum atomic E-state index is -0.189. The van der Waals surface area contributed by atoms with Crippen LogP contribution in [0.4, 0.5) is 4.39 Å². The Kier molecular flexibility index (Phi) is 5.84. The molecule has 0 heterocycles. The van der Waals surface area contributed by atoms with Crippen molar-refractivity contribution in [1.29, 1.82) is 0 Å². The molecule has 20 heavy (non-hydrogen) atoms. The lowest BCUT2D eigenvalue weighted by Crippen LogP contribution is -2.20. The van der Waals surface area contributed by atoms with Crippen molar-refractivity contribution in [3.8, 4) is 0 Å². The molecule has 1 nitrogen and oxygen atoms in total. The van der Waals surface area contributed by atoms with Crippen molar-refractivity contribution in [1.82, 2.24) is 5.32 Å². The van der Waals surface area contributed by atoms with Crippen molar-refractivity contribution in [3.63, 3.8) is 0 Å². The molecule has 0 aliphatic heterocycles. The Labute approximate surface area is 145 Å². The van der Waals surface area contributed by atoms with Crippen molar-refractivity contribution in [2.24, 2.45) is 0 Å². The van der Waals surface area contributed by atoms with Crippen LogP contribution in [0, 0.1) is 9.39 Å². The van der Waals surface area contributed by atoms with Crippen molar-refractivity contribution in [2.75, 3.05) is 7.05 Å². The normalized spacial score (nSPS) is 12.4. The maximum Gasteiger partial charge on any atom is 0.126 e. The van der Waals surface area contributed by atoms with Gasteiger partial charge in [-0.3, -0.25) is 0 Å². The van der Waals surface area contributed by atoms with E-state index in [1.54, 1.807) is 6.07 Å². The molecule has 0 spiro atoms. The zero-order valence-electron chi connectivity index (χ0n) is 10.8. The summed E-state index contributed by atoms with van der Waals surface area (Å²) in [7, 11) is 1.87. The summed E-state index contributed by atoms with van der Waals surface area (Å²) in [4.78, 5) is 0. The summed E-state index contributed by atoms with van der Waals surface area (Å²) < 4.78 is 15.9. The minimum Gasteiger partial charge on any atom is -0.313 e. The standard InChI is InChI=1S/C15H13BrClFIN/c1-20-15(12-8-11(17)3-5-14(12)19)7-9-6-10(16)2-4-13(9)18/h2-6,8,15,20H,7H2,1H3. The van der Waals surface area contributed by atoms with Crippen molar-refractivity contribution in [2.45, 2.75) is 12.5 Å². The van der Waals surface area contributed by atoms with Crippen LogP contribution >= 0.6 is 50.1 Å². The zero-order chi connectivity index (χ0) is 14.7. The van der Waals surface area contributed by atoms with E-state index in [9.17, 15) is 4.39 Å². The average molecular weight is 469 g/mol. The van der Waals surface area contributed by atoms with E-state index in [1.807, 2.05) is 31.3 Å². The molecule has 2 aromatic rings. The quantitative estimate of drug-likeness (QED) is 0.597. The second kappa shape index (κ2) is 7.20. The molecule has 0 saturated carbocycles. The van der Waals surface area contributed by atoms with Gasteiger partial charge < -0.3 is 5.32 Å². The van der Waals surface area contributed by atoms with Gasteiger partial charge in [-0.25, -0.2) is 4.39 Å². The summed E-state index contributed by atoms with van der Waals surface area (Å²) >= 11 is 11.7. The van der Waals surface area contributed by atoms with E-state index < -0.39 is 0 Å². The second-order valence-corrected chi connectivity index (χ2v) is 6.96. The van der Waals surface area contributed by atoms with Gasteiger partial charge in [-0.05, 0) is 83.6 Å². The molecule has 2 rings (SSSR count). The summed E-state index contributed by atoms with van der Waals surface area (Å²) in [5.74, 6) is -0.189. The van der Waals surface area contributed by atoms with Gasteiger partial charge in [-0.15, -0.1) is 0 Å². The van der Waals surface area contributed by atoms with Gasteiger partial charge in [0.15, 0.2) is 0 Å². The Morgan fingerprint density at radius 1 is 1.30 bits per heavy atom. The highest BCUT2D eigenvalue weighted by atomic mass is 127. The molecule has 0 fully saturated rings. The second-order valence-electron chi connectivity index (χ2n) is 4.45. The summed E-state index contributed by atoms with van der Waals surface area (Å²) in [6.07, 6.45) is 0.568. The van der Waals surface area contributed by atoms with E-state index in [4.69, 9.17) is 11.6 Å². The van der Waals surface area contributed by atoms with Crippen molar-refractivity contribution in [3.05, 3.63) is 66.4 Å². The molecule has 0 bridgehead atoms. The Hall–Kier alpha value is -0.170. The SMILES string of the molecule is CNC(Cc1cc(Br)ccc1F)c1cc(Cl)ccc1I. The van der Waals surface area contributed by atoms with E-state index in [2.05, 4.69) is 43.8 Å². The first-order chi connectivity index (χ1) is 9.51. The van der Waals surface area contributed by atoms with Crippen molar-refractivity contribution < 1.29 is 4.39 Å². The predicted octanol–water partition coefficient (Wildman–Crippen LogP) is 5.35. The third-order valence-corrected chi connectivity index (χ3v) is 4.82. The maximum absolute atomic E-state index is 13.9. The zero-order valence-corrected chi connectivity index (χ0v) is 15.3. The third kappa shape index (κ3) is 3.93. The first kappa shape index (κ1) is 16.2. The van der Waals surface area contributed by atoms with Crippen LogP contribution in [0.3, 0.4) is 0 Å². The highest BCUT2D eigenvalue weighted by Crippen LogP contribution is 2.28. The molecule has 1 unspecified atom stereocenters. The van der Waals surface area contributed by atoms with E-state index in [0.717, 1.165) is 13.6 Å².